The van der Waals surface area contributed by atoms with Crippen LogP contribution < -0.4 is 5.32 Å². The molecule has 1 aliphatic heterocycles. The Bertz CT molecular complexity index is 1070. The summed E-state index contributed by atoms with van der Waals surface area (Å²) >= 11 is 3.51. The van der Waals surface area contributed by atoms with E-state index in [1.54, 1.807) is 15.6 Å². The summed E-state index contributed by atoms with van der Waals surface area (Å²) in [6, 6.07) is 11.7. The van der Waals surface area contributed by atoms with Gasteiger partial charge in [-0.05, 0) is 34.3 Å². The highest BCUT2D eigenvalue weighted by atomic mass is 79.9. The first-order valence-electron chi connectivity index (χ1n) is 9.83. The maximum Gasteiger partial charge on any atom is 0.410 e. The summed E-state index contributed by atoms with van der Waals surface area (Å²) in [6.45, 7) is 1.97. The molecule has 1 aromatic carbocycles. The monoisotopic (exact) mass is 467 g/mol. The Labute approximate surface area is 183 Å². The van der Waals surface area contributed by atoms with Gasteiger partial charge in [0.15, 0.2) is 5.65 Å². The molecular formula is C22H22BrN5O2. The van der Waals surface area contributed by atoms with Crippen molar-refractivity contribution in [2.24, 2.45) is 0 Å². The highest BCUT2D eigenvalue weighted by Crippen LogP contribution is 2.30. The molecule has 0 unspecified atom stereocenters. The number of halogens is 1. The summed E-state index contributed by atoms with van der Waals surface area (Å²) in [5, 5.41) is 7.55. The molecule has 154 valence electrons. The molecule has 3 heterocycles. The number of carbonyl (C=O) groups is 1. The largest absolute Gasteiger partial charge is 0.445 e. The lowest BCUT2D eigenvalue weighted by Crippen LogP contribution is -2.38. The average Bonchev–Trinajstić information content (AvgIpc) is 3.17. The Morgan fingerprint density at radius 1 is 1.30 bits per heavy atom. The van der Waals surface area contributed by atoms with E-state index in [9.17, 15) is 4.79 Å². The molecule has 1 fully saturated rings. The van der Waals surface area contributed by atoms with Crippen LogP contribution >= 0.6 is 15.9 Å². The van der Waals surface area contributed by atoms with Crippen molar-refractivity contribution in [3.63, 3.8) is 0 Å². The lowest BCUT2D eigenvalue weighted by molar-refractivity contribution is 0.0868. The molecule has 7 nitrogen and oxygen atoms in total. The SMILES string of the molecule is C#CCNc1cc(C2CCN(C(=O)OCc3ccccc3)CC2)nc2c(Br)cnn12. The molecule has 1 aliphatic rings. The van der Waals surface area contributed by atoms with Crippen LogP contribution in [0, 0.1) is 12.3 Å². The minimum Gasteiger partial charge on any atom is -0.445 e. The number of nitrogens with one attached hydrogen (secondary N) is 1. The van der Waals surface area contributed by atoms with Crippen molar-refractivity contribution in [3.05, 3.63) is 58.3 Å². The van der Waals surface area contributed by atoms with Crippen molar-refractivity contribution in [2.45, 2.75) is 25.4 Å². The van der Waals surface area contributed by atoms with E-state index in [4.69, 9.17) is 16.1 Å². The molecule has 0 spiro atoms. The van der Waals surface area contributed by atoms with Gasteiger partial charge in [0.2, 0.25) is 0 Å². The van der Waals surface area contributed by atoms with Crippen molar-refractivity contribution in [3.8, 4) is 12.3 Å². The molecule has 2 aromatic heterocycles. The summed E-state index contributed by atoms with van der Waals surface area (Å²) in [4.78, 5) is 19.0. The summed E-state index contributed by atoms with van der Waals surface area (Å²) < 4.78 is 8.03. The van der Waals surface area contributed by atoms with E-state index in [-0.39, 0.29) is 18.6 Å². The highest BCUT2D eigenvalue weighted by molar-refractivity contribution is 9.10. The molecule has 0 bridgehead atoms. The molecule has 0 radical (unpaired) electrons. The number of likely N-dealkylation sites (tertiary alicyclic amines) is 1. The van der Waals surface area contributed by atoms with E-state index in [1.165, 1.54) is 0 Å². The number of terminal acetylenes is 1. The Kier molecular flexibility index (Phi) is 6.19. The Hall–Kier alpha value is -3.05. The average molecular weight is 468 g/mol. The maximum atomic E-state index is 12.4. The highest BCUT2D eigenvalue weighted by Gasteiger charge is 2.26. The van der Waals surface area contributed by atoms with Crippen LogP contribution in [0.4, 0.5) is 10.6 Å². The fourth-order valence-electron chi connectivity index (χ4n) is 3.60. The minimum atomic E-state index is -0.268. The summed E-state index contributed by atoms with van der Waals surface area (Å²) in [6.07, 6.45) is 8.50. The number of anilines is 1. The number of hydrogen-bond acceptors (Lipinski definition) is 5. The molecule has 0 atom stereocenters. The number of rotatable bonds is 5. The van der Waals surface area contributed by atoms with Crippen LogP contribution in [0.5, 0.6) is 0 Å². The Morgan fingerprint density at radius 2 is 2.07 bits per heavy atom. The van der Waals surface area contributed by atoms with Crippen molar-refractivity contribution in [1.82, 2.24) is 19.5 Å². The molecule has 8 heteroatoms. The quantitative estimate of drug-likeness (QED) is 0.572. The molecule has 1 saturated heterocycles. The summed E-state index contributed by atoms with van der Waals surface area (Å²) in [5.74, 6) is 3.65. The second-order valence-corrected chi connectivity index (χ2v) is 8.01. The number of fused-ring (bicyclic) bond motifs is 1. The number of ether oxygens (including phenoxy) is 1. The van der Waals surface area contributed by atoms with Crippen LogP contribution in [-0.2, 0) is 11.3 Å². The van der Waals surface area contributed by atoms with Gasteiger partial charge in [0.05, 0.1) is 17.2 Å². The van der Waals surface area contributed by atoms with Gasteiger partial charge in [-0.3, -0.25) is 0 Å². The third-order valence-corrected chi connectivity index (χ3v) is 5.76. The van der Waals surface area contributed by atoms with E-state index in [1.807, 2.05) is 36.4 Å². The zero-order valence-corrected chi connectivity index (χ0v) is 18.0. The van der Waals surface area contributed by atoms with Gasteiger partial charge in [0.1, 0.15) is 12.4 Å². The smallest absolute Gasteiger partial charge is 0.410 e. The predicted molar refractivity (Wildman–Crippen MR) is 118 cm³/mol. The van der Waals surface area contributed by atoms with E-state index >= 15 is 0 Å². The molecule has 1 N–H and O–H groups in total. The van der Waals surface area contributed by atoms with Crippen LogP contribution in [-0.4, -0.2) is 45.2 Å². The van der Waals surface area contributed by atoms with E-state index in [0.29, 0.717) is 19.6 Å². The van der Waals surface area contributed by atoms with E-state index in [0.717, 1.165) is 40.0 Å². The van der Waals surface area contributed by atoms with Crippen molar-refractivity contribution in [2.75, 3.05) is 25.0 Å². The van der Waals surface area contributed by atoms with Crippen LogP contribution in [0.25, 0.3) is 5.65 Å². The zero-order chi connectivity index (χ0) is 20.9. The summed E-state index contributed by atoms with van der Waals surface area (Å²) in [7, 11) is 0. The summed E-state index contributed by atoms with van der Waals surface area (Å²) in [5.41, 5.74) is 2.70. The van der Waals surface area contributed by atoms with Crippen LogP contribution in [0.2, 0.25) is 0 Å². The van der Waals surface area contributed by atoms with Gasteiger partial charge < -0.3 is 15.0 Å². The van der Waals surface area contributed by atoms with Gasteiger partial charge in [0, 0.05) is 30.8 Å². The van der Waals surface area contributed by atoms with Gasteiger partial charge in [-0.2, -0.15) is 9.61 Å². The number of benzene rings is 1. The van der Waals surface area contributed by atoms with Crippen molar-refractivity contribution in [1.29, 1.82) is 0 Å². The van der Waals surface area contributed by atoms with Crippen LogP contribution in [0.3, 0.4) is 0 Å². The molecule has 0 saturated carbocycles. The van der Waals surface area contributed by atoms with Gasteiger partial charge in [-0.25, -0.2) is 9.78 Å². The second-order valence-electron chi connectivity index (χ2n) is 7.15. The lowest BCUT2D eigenvalue weighted by atomic mass is 9.93. The predicted octanol–water partition coefficient (Wildman–Crippen LogP) is 4.05. The third kappa shape index (κ3) is 4.41. The van der Waals surface area contributed by atoms with Crippen LogP contribution in [0.15, 0.2) is 47.1 Å². The number of carbonyl (C=O) groups excluding carboxylic acids is 1. The normalized spacial score (nSPS) is 14.5. The second kappa shape index (κ2) is 9.18. The maximum absolute atomic E-state index is 12.4. The van der Waals surface area contributed by atoms with Gasteiger partial charge in [-0.1, -0.05) is 36.3 Å². The van der Waals surface area contributed by atoms with Crippen LogP contribution in [0.1, 0.15) is 30.0 Å². The lowest BCUT2D eigenvalue weighted by Gasteiger charge is -2.31. The third-order valence-electron chi connectivity index (χ3n) is 5.20. The number of piperidine rings is 1. The van der Waals surface area contributed by atoms with Gasteiger partial charge in [0.25, 0.3) is 0 Å². The first-order chi connectivity index (χ1) is 14.7. The molecule has 4 rings (SSSR count). The fourth-order valence-corrected chi connectivity index (χ4v) is 3.95. The van der Waals surface area contributed by atoms with Gasteiger partial charge >= 0.3 is 6.09 Å². The standard InChI is InChI=1S/C22H22BrN5O2/c1-2-10-24-20-13-19(26-21-18(23)14-25-28(20)21)17-8-11-27(12-9-17)22(29)30-15-16-6-4-3-5-7-16/h1,3-7,13-14,17,24H,8-12,15H2. The minimum absolute atomic E-state index is 0.251. The number of hydrogen-bond donors (Lipinski definition) is 1. The van der Waals surface area contributed by atoms with Gasteiger partial charge in [-0.15, -0.1) is 6.42 Å². The molecule has 1 amide bonds. The zero-order valence-electron chi connectivity index (χ0n) is 16.4. The first kappa shape index (κ1) is 20.2. The topological polar surface area (TPSA) is 71.8 Å². The van der Waals surface area contributed by atoms with Crippen molar-refractivity contribution >= 4 is 33.5 Å². The first-order valence-corrected chi connectivity index (χ1v) is 10.6. The number of nitrogens with zero attached hydrogens (tertiary/aromatic N) is 4. The fraction of sp³-hybridized carbons (Fsp3) is 0.318. The Morgan fingerprint density at radius 3 is 2.80 bits per heavy atom. The van der Waals surface area contributed by atoms with E-state index < -0.39 is 0 Å². The van der Waals surface area contributed by atoms with Crippen molar-refractivity contribution < 1.29 is 9.53 Å². The molecule has 0 aliphatic carbocycles. The molecule has 30 heavy (non-hydrogen) atoms. The Balaban J connectivity index is 1.41. The van der Waals surface area contributed by atoms with E-state index in [2.05, 4.69) is 32.3 Å². The number of amides is 1. The molecular weight excluding hydrogens is 446 g/mol. The number of aromatic nitrogens is 3. The molecule has 3 aromatic rings.